The molecule has 4 heteroatoms. The molecule has 0 saturated carbocycles. The predicted molar refractivity (Wildman–Crippen MR) is 68.0 cm³/mol. The van der Waals surface area contributed by atoms with E-state index in [1.165, 1.54) is 0 Å². The lowest BCUT2D eigenvalue weighted by molar-refractivity contribution is -0.156. The van der Waals surface area contributed by atoms with Gasteiger partial charge in [0.05, 0.1) is 18.0 Å². The highest BCUT2D eigenvalue weighted by atomic mass is 79.9. The van der Waals surface area contributed by atoms with Gasteiger partial charge in [-0.05, 0) is 18.6 Å². The minimum absolute atomic E-state index is 0.174. The molecule has 1 aliphatic heterocycles. The number of benzene rings is 1. The van der Waals surface area contributed by atoms with E-state index in [2.05, 4.69) is 22.9 Å². The third-order valence-corrected chi connectivity index (χ3v) is 3.76. The number of hydrogen-bond donors (Lipinski definition) is 0. The Morgan fingerprint density at radius 2 is 2.12 bits per heavy atom. The second-order valence-electron chi connectivity index (χ2n) is 3.85. The van der Waals surface area contributed by atoms with Gasteiger partial charge in [0.15, 0.2) is 0 Å². The van der Waals surface area contributed by atoms with E-state index >= 15 is 0 Å². The molecule has 0 unspecified atom stereocenters. The van der Waals surface area contributed by atoms with Crippen molar-refractivity contribution >= 4 is 27.5 Å². The maximum absolute atomic E-state index is 5.96. The maximum Gasteiger partial charge on any atom is 0.205 e. The van der Waals surface area contributed by atoms with Gasteiger partial charge in [-0.15, -0.1) is 0 Å². The van der Waals surface area contributed by atoms with E-state index < -0.39 is 5.79 Å². The topological polar surface area (TPSA) is 18.5 Å². The summed E-state index contributed by atoms with van der Waals surface area (Å²) in [6.45, 7) is 2.74. The third-order valence-electron chi connectivity index (χ3n) is 2.77. The Bertz CT molecular complexity index is 355. The SMILES string of the molecule is CC[C@H]1CO[C@@](CBr)(c2ccc(Cl)cc2)O1. The van der Waals surface area contributed by atoms with Crippen LogP contribution < -0.4 is 0 Å². The average molecular weight is 306 g/mol. The fourth-order valence-corrected chi connectivity index (χ4v) is 2.51. The zero-order valence-corrected chi connectivity index (χ0v) is 11.4. The smallest absolute Gasteiger partial charge is 0.205 e. The summed E-state index contributed by atoms with van der Waals surface area (Å²) >= 11 is 9.33. The first-order chi connectivity index (χ1) is 7.70. The largest absolute Gasteiger partial charge is 0.342 e. The Morgan fingerprint density at radius 3 is 2.62 bits per heavy atom. The quantitative estimate of drug-likeness (QED) is 0.793. The lowest BCUT2D eigenvalue weighted by Gasteiger charge is -2.26. The van der Waals surface area contributed by atoms with Crippen molar-refractivity contribution in [1.29, 1.82) is 0 Å². The maximum atomic E-state index is 5.96. The van der Waals surface area contributed by atoms with E-state index in [4.69, 9.17) is 21.1 Å². The summed E-state index contributed by atoms with van der Waals surface area (Å²) in [5.41, 5.74) is 1.00. The van der Waals surface area contributed by atoms with Gasteiger partial charge in [-0.3, -0.25) is 0 Å². The van der Waals surface area contributed by atoms with Crippen LogP contribution in [0.1, 0.15) is 18.9 Å². The molecule has 2 nitrogen and oxygen atoms in total. The Balaban J connectivity index is 2.25. The summed E-state index contributed by atoms with van der Waals surface area (Å²) in [6, 6.07) is 7.60. The molecule has 0 spiro atoms. The summed E-state index contributed by atoms with van der Waals surface area (Å²) in [5.74, 6) is -0.648. The number of hydrogen-bond acceptors (Lipinski definition) is 2. The second-order valence-corrected chi connectivity index (χ2v) is 4.85. The second kappa shape index (κ2) is 5.05. The van der Waals surface area contributed by atoms with Gasteiger partial charge >= 0.3 is 0 Å². The molecule has 0 bridgehead atoms. The molecule has 2 rings (SSSR count). The van der Waals surface area contributed by atoms with Crippen molar-refractivity contribution in [2.24, 2.45) is 0 Å². The normalized spacial score (nSPS) is 29.6. The van der Waals surface area contributed by atoms with Crippen molar-refractivity contribution in [1.82, 2.24) is 0 Å². The van der Waals surface area contributed by atoms with Gasteiger partial charge in [0.25, 0.3) is 0 Å². The Kier molecular flexibility index (Phi) is 3.90. The van der Waals surface area contributed by atoms with Crippen molar-refractivity contribution in [2.45, 2.75) is 25.2 Å². The van der Waals surface area contributed by atoms with Crippen molar-refractivity contribution < 1.29 is 9.47 Å². The molecule has 0 N–H and O–H groups in total. The highest BCUT2D eigenvalue weighted by Gasteiger charge is 2.41. The van der Waals surface area contributed by atoms with Crippen LogP contribution in [-0.4, -0.2) is 18.0 Å². The van der Waals surface area contributed by atoms with E-state index in [0.717, 1.165) is 17.0 Å². The number of alkyl halides is 1. The van der Waals surface area contributed by atoms with E-state index in [9.17, 15) is 0 Å². The van der Waals surface area contributed by atoms with Gasteiger partial charge in [0, 0.05) is 10.6 Å². The van der Waals surface area contributed by atoms with Gasteiger partial charge in [0.1, 0.15) is 0 Å². The number of ether oxygens (including phenoxy) is 2. The minimum Gasteiger partial charge on any atom is -0.342 e. The first kappa shape index (κ1) is 12.4. The molecule has 0 aromatic heterocycles. The van der Waals surface area contributed by atoms with Crippen LogP contribution in [0.3, 0.4) is 0 Å². The fourth-order valence-electron chi connectivity index (χ4n) is 1.77. The summed E-state index contributed by atoms with van der Waals surface area (Å²) in [7, 11) is 0. The van der Waals surface area contributed by atoms with Crippen molar-refractivity contribution in [3.05, 3.63) is 34.9 Å². The van der Waals surface area contributed by atoms with Gasteiger partial charge in [-0.25, -0.2) is 0 Å². The molecule has 1 aromatic carbocycles. The minimum atomic E-state index is -0.648. The molecule has 0 radical (unpaired) electrons. The molecule has 0 amide bonds. The first-order valence-corrected chi connectivity index (χ1v) is 6.84. The predicted octanol–water partition coefficient (Wildman–Crippen LogP) is 3.71. The molecule has 1 saturated heterocycles. The lowest BCUT2D eigenvalue weighted by Crippen LogP contribution is -2.29. The summed E-state index contributed by atoms with van der Waals surface area (Å²) in [5, 5.41) is 1.34. The molecule has 2 atom stereocenters. The van der Waals surface area contributed by atoms with Crippen LogP contribution >= 0.6 is 27.5 Å². The van der Waals surface area contributed by atoms with Gasteiger partial charge in [-0.2, -0.15) is 0 Å². The molecular weight excluding hydrogens is 291 g/mol. The van der Waals surface area contributed by atoms with Crippen LogP contribution in [0.15, 0.2) is 24.3 Å². The first-order valence-electron chi connectivity index (χ1n) is 5.34. The van der Waals surface area contributed by atoms with Crippen molar-refractivity contribution in [3.63, 3.8) is 0 Å². The Labute approximate surface area is 109 Å². The molecule has 1 fully saturated rings. The highest BCUT2D eigenvalue weighted by molar-refractivity contribution is 9.09. The van der Waals surface area contributed by atoms with Crippen LogP contribution in [0.25, 0.3) is 0 Å². The zero-order valence-electron chi connectivity index (χ0n) is 9.08. The average Bonchev–Trinajstić information content (AvgIpc) is 2.75. The molecule has 88 valence electrons. The van der Waals surface area contributed by atoms with Crippen LogP contribution in [0.2, 0.25) is 5.02 Å². The molecule has 0 aliphatic carbocycles. The van der Waals surface area contributed by atoms with Gasteiger partial charge < -0.3 is 9.47 Å². The van der Waals surface area contributed by atoms with E-state index in [-0.39, 0.29) is 6.10 Å². The monoisotopic (exact) mass is 304 g/mol. The van der Waals surface area contributed by atoms with Crippen molar-refractivity contribution in [2.75, 3.05) is 11.9 Å². The number of rotatable bonds is 3. The van der Waals surface area contributed by atoms with E-state index in [1.54, 1.807) is 0 Å². The molecule has 1 aromatic rings. The zero-order chi connectivity index (χ0) is 11.6. The van der Waals surface area contributed by atoms with Gasteiger partial charge in [-0.1, -0.05) is 46.6 Å². The standard InChI is InChI=1S/C12H14BrClO2/c1-2-11-7-15-12(8-13,16-11)9-3-5-10(14)6-4-9/h3-6,11H,2,7-8H2,1H3/t11-,12+/m0/s1. The summed E-state index contributed by atoms with van der Waals surface area (Å²) < 4.78 is 11.8. The van der Waals surface area contributed by atoms with Crippen LogP contribution in [0.5, 0.6) is 0 Å². The van der Waals surface area contributed by atoms with Crippen LogP contribution in [-0.2, 0) is 15.3 Å². The number of halogens is 2. The summed E-state index contributed by atoms with van der Waals surface area (Å²) in [4.78, 5) is 0. The van der Waals surface area contributed by atoms with Gasteiger partial charge in [0.2, 0.25) is 5.79 Å². The fraction of sp³-hybridized carbons (Fsp3) is 0.500. The van der Waals surface area contributed by atoms with E-state index in [1.807, 2.05) is 24.3 Å². The van der Waals surface area contributed by atoms with E-state index in [0.29, 0.717) is 11.9 Å². The molecule has 1 heterocycles. The Morgan fingerprint density at radius 1 is 1.44 bits per heavy atom. The van der Waals surface area contributed by atoms with Crippen LogP contribution in [0, 0.1) is 0 Å². The lowest BCUT2D eigenvalue weighted by atomic mass is 10.1. The third kappa shape index (κ3) is 2.28. The van der Waals surface area contributed by atoms with Crippen molar-refractivity contribution in [3.8, 4) is 0 Å². The van der Waals surface area contributed by atoms with Crippen LogP contribution in [0.4, 0.5) is 0 Å². The summed E-state index contributed by atoms with van der Waals surface area (Å²) in [6.07, 6.45) is 1.13. The molecule has 1 aliphatic rings. The molecule has 16 heavy (non-hydrogen) atoms. The molecular formula is C12H14BrClO2. The Hall–Kier alpha value is -0.0900. The highest BCUT2D eigenvalue weighted by Crippen LogP contribution is 2.37.